The zero-order chi connectivity index (χ0) is 16.4. The van der Waals surface area contributed by atoms with E-state index in [2.05, 4.69) is 16.9 Å². The van der Waals surface area contributed by atoms with Gasteiger partial charge in [0, 0.05) is 51.6 Å². The average Bonchev–Trinajstić information content (AvgIpc) is 2.97. The molecule has 128 valence electrons. The van der Waals surface area contributed by atoms with Crippen LogP contribution in [0, 0.1) is 5.92 Å². The second-order valence-electron chi connectivity index (χ2n) is 6.56. The van der Waals surface area contributed by atoms with Crippen LogP contribution < -0.4 is 0 Å². The summed E-state index contributed by atoms with van der Waals surface area (Å²) in [5.74, 6) is 0.453. The maximum atomic E-state index is 12.8. The van der Waals surface area contributed by atoms with E-state index in [1.807, 2.05) is 11.8 Å². The lowest BCUT2D eigenvalue weighted by atomic mass is 10.0. The smallest absolute Gasteiger partial charge is 0.270 e. The molecule has 2 fully saturated rings. The second kappa shape index (κ2) is 6.97. The summed E-state index contributed by atoms with van der Waals surface area (Å²) < 4.78 is 5.42. The van der Waals surface area contributed by atoms with Gasteiger partial charge in [0.05, 0.1) is 13.2 Å². The van der Waals surface area contributed by atoms with E-state index in [-0.39, 0.29) is 11.8 Å². The largest absolute Gasteiger partial charge is 0.379 e. The molecule has 0 bridgehead atoms. The first-order valence-electron chi connectivity index (χ1n) is 8.59. The molecule has 7 heteroatoms. The summed E-state index contributed by atoms with van der Waals surface area (Å²) in [6, 6.07) is 0.399. The molecule has 0 aliphatic carbocycles. The van der Waals surface area contributed by atoms with Crippen LogP contribution in [-0.2, 0) is 14.3 Å². The van der Waals surface area contributed by atoms with Gasteiger partial charge in [-0.2, -0.15) is 5.10 Å². The Kier molecular flexibility index (Phi) is 4.96. The summed E-state index contributed by atoms with van der Waals surface area (Å²) in [4.78, 5) is 28.8. The molecule has 0 aromatic rings. The fraction of sp³-hybridized carbons (Fsp3) is 0.812. The van der Waals surface area contributed by atoms with E-state index in [4.69, 9.17) is 4.74 Å². The van der Waals surface area contributed by atoms with Gasteiger partial charge in [-0.05, 0) is 12.8 Å². The van der Waals surface area contributed by atoms with Crippen LogP contribution in [0.2, 0.25) is 0 Å². The lowest BCUT2D eigenvalue weighted by molar-refractivity contribution is -0.131. The van der Waals surface area contributed by atoms with E-state index < -0.39 is 0 Å². The van der Waals surface area contributed by atoms with Crippen molar-refractivity contribution in [3.63, 3.8) is 0 Å². The summed E-state index contributed by atoms with van der Waals surface area (Å²) in [5, 5.41) is 5.68. The Hall–Kier alpha value is -1.47. The number of hydrogen-bond acceptors (Lipinski definition) is 5. The molecule has 0 N–H and O–H groups in total. The first kappa shape index (κ1) is 16.4. The van der Waals surface area contributed by atoms with E-state index in [1.165, 1.54) is 5.01 Å². The van der Waals surface area contributed by atoms with Gasteiger partial charge in [0.25, 0.3) is 5.91 Å². The average molecular weight is 322 g/mol. The molecule has 23 heavy (non-hydrogen) atoms. The Morgan fingerprint density at radius 3 is 2.70 bits per heavy atom. The van der Waals surface area contributed by atoms with E-state index >= 15 is 0 Å². The zero-order valence-corrected chi connectivity index (χ0v) is 14.0. The third-order valence-corrected chi connectivity index (χ3v) is 5.03. The van der Waals surface area contributed by atoms with Crippen LogP contribution >= 0.6 is 0 Å². The van der Waals surface area contributed by atoms with E-state index in [9.17, 15) is 9.59 Å². The molecular weight excluding hydrogens is 296 g/mol. The first-order valence-corrected chi connectivity index (χ1v) is 8.59. The monoisotopic (exact) mass is 322 g/mol. The fourth-order valence-electron chi connectivity index (χ4n) is 3.69. The van der Waals surface area contributed by atoms with E-state index in [0.29, 0.717) is 37.1 Å². The number of ether oxygens (including phenoxy) is 1. The number of morpholine rings is 1. The van der Waals surface area contributed by atoms with Crippen molar-refractivity contribution in [2.45, 2.75) is 32.7 Å². The van der Waals surface area contributed by atoms with Crippen LogP contribution in [0.25, 0.3) is 0 Å². The number of carbonyl (C=O) groups excluding carboxylic acids is 2. The van der Waals surface area contributed by atoms with E-state index in [0.717, 1.165) is 39.4 Å². The van der Waals surface area contributed by atoms with Gasteiger partial charge >= 0.3 is 0 Å². The molecule has 0 radical (unpaired) electrons. The lowest BCUT2D eigenvalue weighted by Crippen LogP contribution is -2.47. The molecule has 2 atom stereocenters. The maximum absolute atomic E-state index is 12.8. The van der Waals surface area contributed by atoms with Crippen molar-refractivity contribution in [2.75, 3.05) is 45.9 Å². The van der Waals surface area contributed by atoms with Crippen molar-refractivity contribution in [3.05, 3.63) is 0 Å². The maximum Gasteiger partial charge on any atom is 0.270 e. The van der Waals surface area contributed by atoms with Crippen LogP contribution in [0.4, 0.5) is 0 Å². The predicted molar refractivity (Wildman–Crippen MR) is 86.0 cm³/mol. The molecule has 0 aromatic carbocycles. The SMILES string of the molecule is CCN1N=C(C(=O)N2CC(C)C(N3CCOCC3)C2)CCC1=O. The number of nitrogens with zero attached hydrogens (tertiary/aromatic N) is 4. The third-order valence-electron chi connectivity index (χ3n) is 5.03. The van der Waals surface area contributed by atoms with Crippen molar-refractivity contribution in [3.8, 4) is 0 Å². The lowest BCUT2D eigenvalue weighted by Gasteiger charge is -2.34. The first-order chi connectivity index (χ1) is 11.1. The van der Waals surface area contributed by atoms with Gasteiger partial charge in [-0.1, -0.05) is 6.92 Å². The number of rotatable bonds is 3. The van der Waals surface area contributed by atoms with Crippen LogP contribution in [-0.4, -0.2) is 84.3 Å². The van der Waals surface area contributed by atoms with Gasteiger partial charge in [-0.15, -0.1) is 0 Å². The molecule has 0 aromatic heterocycles. The Morgan fingerprint density at radius 2 is 2.00 bits per heavy atom. The Balaban J connectivity index is 1.65. The summed E-state index contributed by atoms with van der Waals surface area (Å²) in [7, 11) is 0. The predicted octanol–water partition coefficient (Wildman–Crippen LogP) is 0.164. The molecule has 3 heterocycles. The molecule has 7 nitrogen and oxygen atoms in total. The molecule has 0 saturated carbocycles. The highest BCUT2D eigenvalue weighted by atomic mass is 16.5. The van der Waals surface area contributed by atoms with Gasteiger partial charge in [-0.3, -0.25) is 14.5 Å². The normalized spacial score (nSPS) is 29.8. The van der Waals surface area contributed by atoms with Gasteiger partial charge in [0.15, 0.2) is 0 Å². The Labute approximate surface area is 137 Å². The Bertz CT molecular complexity index is 502. The van der Waals surface area contributed by atoms with Crippen LogP contribution in [0.3, 0.4) is 0 Å². The van der Waals surface area contributed by atoms with Crippen molar-refractivity contribution < 1.29 is 14.3 Å². The van der Waals surface area contributed by atoms with Crippen molar-refractivity contribution in [1.82, 2.24) is 14.8 Å². The van der Waals surface area contributed by atoms with Crippen LogP contribution in [0.5, 0.6) is 0 Å². The quantitative estimate of drug-likeness (QED) is 0.743. The molecule has 3 aliphatic rings. The minimum Gasteiger partial charge on any atom is -0.379 e. The zero-order valence-electron chi connectivity index (χ0n) is 14.0. The van der Waals surface area contributed by atoms with Gasteiger partial charge < -0.3 is 9.64 Å². The van der Waals surface area contributed by atoms with E-state index in [1.54, 1.807) is 0 Å². The molecule has 2 unspecified atom stereocenters. The van der Waals surface area contributed by atoms with Gasteiger partial charge in [0.2, 0.25) is 5.91 Å². The van der Waals surface area contributed by atoms with Crippen LogP contribution in [0.1, 0.15) is 26.7 Å². The second-order valence-corrected chi connectivity index (χ2v) is 6.56. The summed E-state index contributed by atoms with van der Waals surface area (Å²) in [6.45, 7) is 9.54. The summed E-state index contributed by atoms with van der Waals surface area (Å²) in [5.41, 5.74) is 0.529. The molecule has 3 rings (SSSR count). The molecule has 2 saturated heterocycles. The van der Waals surface area contributed by atoms with Gasteiger partial charge in [0.1, 0.15) is 5.71 Å². The molecule has 2 amide bonds. The third kappa shape index (κ3) is 3.40. The van der Waals surface area contributed by atoms with Crippen molar-refractivity contribution >= 4 is 17.5 Å². The standard InChI is InChI=1S/C16H26N4O3/c1-3-20-15(21)5-4-13(17-20)16(22)19-10-12(2)14(11-19)18-6-8-23-9-7-18/h12,14H,3-11H2,1-2H3. The molecular formula is C16H26N4O3. The topological polar surface area (TPSA) is 65.5 Å². The highest BCUT2D eigenvalue weighted by Crippen LogP contribution is 2.24. The summed E-state index contributed by atoms with van der Waals surface area (Å²) >= 11 is 0. The number of carbonyl (C=O) groups is 2. The highest BCUT2D eigenvalue weighted by molar-refractivity contribution is 6.39. The number of hydrogen-bond donors (Lipinski definition) is 0. The minimum absolute atomic E-state index is 0.00133. The van der Waals surface area contributed by atoms with Gasteiger partial charge in [-0.25, -0.2) is 5.01 Å². The minimum atomic E-state index is -0.00133. The van der Waals surface area contributed by atoms with Crippen LogP contribution in [0.15, 0.2) is 5.10 Å². The fourth-order valence-corrected chi connectivity index (χ4v) is 3.69. The molecule has 3 aliphatic heterocycles. The van der Waals surface area contributed by atoms with Crippen molar-refractivity contribution in [1.29, 1.82) is 0 Å². The van der Waals surface area contributed by atoms with Crippen molar-refractivity contribution in [2.24, 2.45) is 11.0 Å². The number of hydrazone groups is 1. The highest BCUT2D eigenvalue weighted by Gasteiger charge is 2.38. The number of amides is 2. The number of likely N-dealkylation sites (tertiary alicyclic amines) is 1. The summed E-state index contributed by atoms with van der Waals surface area (Å²) in [6.07, 6.45) is 0.843. The Morgan fingerprint density at radius 1 is 1.26 bits per heavy atom. The molecule has 0 spiro atoms.